The molecule has 2 aromatic carbocycles. The zero-order chi connectivity index (χ0) is 16.9. The smallest absolute Gasteiger partial charge is 0.240 e. The molecule has 0 aliphatic carbocycles. The van der Waals surface area contributed by atoms with Gasteiger partial charge in [0.2, 0.25) is 15.9 Å². The van der Waals surface area contributed by atoms with Crippen LogP contribution in [0.3, 0.4) is 0 Å². The fourth-order valence-corrected chi connectivity index (χ4v) is 3.51. The molecule has 0 spiro atoms. The maximum absolute atomic E-state index is 12.3. The molecule has 1 amide bonds. The van der Waals surface area contributed by atoms with Gasteiger partial charge in [0.25, 0.3) is 0 Å². The van der Waals surface area contributed by atoms with Gasteiger partial charge >= 0.3 is 0 Å². The molecular formula is C17H22N2O3S. The van der Waals surface area contributed by atoms with Crippen molar-refractivity contribution >= 4 is 26.7 Å². The van der Waals surface area contributed by atoms with E-state index in [0.717, 1.165) is 10.8 Å². The lowest BCUT2D eigenvalue weighted by Crippen LogP contribution is -2.34. The molecule has 0 saturated carbocycles. The number of carbonyl (C=O) groups is 1. The minimum Gasteiger partial charge on any atom is -0.343 e. The second-order valence-corrected chi connectivity index (χ2v) is 6.99. The third-order valence-electron chi connectivity index (χ3n) is 3.78. The zero-order valence-electron chi connectivity index (χ0n) is 13.5. The molecule has 0 heterocycles. The maximum Gasteiger partial charge on any atom is 0.240 e. The lowest BCUT2D eigenvalue weighted by molar-refractivity contribution is -0.130. The summed E-state index contributed by atoms with van der Waals surface area (Å²) in [7, 11) is -3.61. The Morgan fingerprint density at radius 1 is 1.04 bits per heavy atom. The number of sulfonamides is 1. The topological polar surface area (TPSA) is 66.5 Å². The van der Waals surface area contributed by atoms with Gasteiger partial charge in [-0.25, -0.2) is 13.1 Å². The van der Waals surface area contributed by atoms with Gasteiger partial charge in [0.05, 0.1) is 4.90 Å². The molecule has 0 aliphatic rings. The van der Waals surface area contributed by atoms with Crippen LogP contribution in [0, 0.1) is 0 Å². The van der Waals surface area contributed by atoms with Crippen molar-refractivity contribution in [2.24, 2.45) is 0 Å². The van der Waals surface area contributed by atoms with Crippen LogP contribution in [0.15, 0.2) is 47.4 Å². The summed E-state index contributed by atoms with van der Waals surface area (Å²) in [6, 6.07) is 12.6. The van der Waals surface area contributed by atoms with Crippen molar-refractivity contribution in [3.8, 4) is 0 Å². The molecule has 0 aromatic heterocycles. The van der Waals surface area contributed by atoms with Gasteiger partial charge in [0.15, 0.2) is 0 Å². The molecule has 6 heteroatoms. The minimum atomic E-state index is -3.61. The standard InChI is InChI=1S/C17H22N2O3S/c1-3-19(4-2)17(20)11-12-18-23(21,22)16-10-9-14-7-5-6-8-15(14)13-16/h5-10,13,18H,3-4,11-12H2,1-2H3. The molecule has 2 rings (SSSR count). The zero-order valence-corrected chi connectivity index (χ0v) is 14.3. The number of amides is 1. The van der Waals surface area contributed by atoms with Crippen LogP contribution < -0.4 is 4.72 Å². The third-order valence-corrected chi connectivity index (χ3v) is 5.24. The molecule has 0 fully saturated rings. The highest BCUT2D eigenvalue weighted by molar-refractivity contribution is 7.89. The predicted octanol–water partition coefficient (Wildman–Crippen LogP) is 2.38. The van der Waals surface area contributed by atoms with Crippen LogP contribution in [-0.2, 0) is 14.8 Å². The molecule has 0 saturated heterocycles. The molecule has 0 bridgehead atoms. The van der Waals surface area contributed by atoms with Crippen LogP contribution in [0.2, 0.25) is 0 Å². The van der Waals surface area contributed by atoms with Gasteiger partial charge in [-0.2, -0.15) is 0 Å². The number of hydrogen-bond donors (Lipinski definition) is 1. The van der Waals surface area contributed by atoms with E-state index in [0.29, 0.717) is 13.1 Å². The van der Waals surface area contributed by atoms with E-state index in [1.807, 2.05) is 38.1 Å². The van der Waals surface area contributed by atoms with Crippen LogP contribution >= 0.6 is 0 Å². The molecule has 0 radical (unpaired) electrons. The van der Waals surface area contributed by atoms with Crippen LogP contribution in [0.1, 0.15) is 20.3 Å². The Bertz CT molecular complexity index is 783. The monoisotopic (exact) mass is 334 g/mol. The van der Waals surface area contributed by atoms with E-state index in [1.165, 1.54) is 0 Å². The summed E-state index contributed by atoms with van der Waals surface area (Å²) >= 11 is 0. The first-order valence-corrected chi connectivity index (χ1v) is 9.22. The quantitative estimate of drug-likeness (QED) is 0.845. The lowest BCUT2D eigenvalue weighted by atomic mass is 10.1. The third kappa shape index (κ3) is 4.30. The minimum absolute atomic E-state index is 0.0452. The van der Waals surface area contributed by atoms with Crippen molar-refractivity contribution in [1.29, 1.82) is 0 Å². The molecule has 5 nitrogen and oxygen atoms in total. The van der Waals surface area contributed by atoms with Crippen molar-refractivity contribution in [3.63, 3.8) is 0 Å². The molecule has 124 valence electrons. The van der Waals surface area contributed by atoms with E-state index in [2.05, 4.69) is 4.72 Å². The summed E-state index contributed by atoms with van der Waals surface area (Å²) in [5.74, 6) is -0.0452. The average Bonchev–Trinajstić information content (AvgIpc) is 2.55. The van der Waals surface area contributed by atoms with Crippen LogP contribution in [0.25, 0.3) is 10.8 Å². The van der Waals surface area contributed by atoms with E-state index in [-0.39, 0.29) is 23.8 Å². The maximum atomic E-state index is 12.3. The number of rotatable bonds is 7. The Labute approximate surface area is 137 Å². The molecule has 2 aromatic rings. The van der Waals surface area contributed by atoms with Crippen molar-refractivity contribution < 1.29 is 13.2 Å². The van der Waals surface area contributed by atoms with Gasteiger partial charge < -0.3 is 4.90 Å². The van der Waals surface area contributed by atoms with E-state index < -0.39 is 10.0 Å². The normalized spacial score (nSPS) is 11.6. The summed E-state index contributed by atoms with van der Waals surface area (Å²) in [5, 5.41) is 1.86. The molecule has 1 N–H and O–H groups in total. The number of nitrogens with one attached hydrogen (secondary N) is 1. The van der Waals surface area contributed by atoms with Gasteiger partial charge in [0, 0.05) is 26.1 Å². The van der Waals surface area contributed by atoms with Gasteiger partial charge in [0.1, 0.15) is 0 Å². The number of benzene rings is 2. The van der Waals surface area contributed by atoms with E-state index in [1.54, 1.807) is 23.1 Å². The highest BCUT2D eigenvalue weighted by Crippen LogP contribution is 2.18. The fraction of sp³-hybridized carbons (Fsp3) is 0.353. The Morgan fingerprint density at radius 2 is 1.70 bits per heavy atom. The molecule has 0 atom stereocenters. The number of hydrogen-bond acceptors (Lipinski definition) is 3. The largest absolute Gasteiger partial charge is 0.343 e. The van der Waals surface area contributed by atoms with E-state index in [9.17, 15) is 13.2 Å². The fourth-order valence-electron chi connectivity index (χ4n) is 2.44. The number of carbonyl (C=O) groups excluding carboxylic acids is 1. The van der Waals surface area contributed by atoms with Gasteiger partial charge in [-0.3, -0.25) is 4.79 Å². The lowest BCUT2D eigenvalue weighted by Gasteiger charge is -2.18. The van der Waals surface area contributed by atoms with Crippen molar-refractivity contribution in [2.75, 3.05) is 19.6 Å². The summed E-state index contributed by atoms with van der Waals surface area (Å²) in [6.45, 7) is 5.17. The Kier molecular flexibility index (Phi) is 5.74. The van der Waals surface area contributed by atoms with E-state index in [4.69, 9.17) is 0 Å². The van der Waals surface area contributed by atoms with Crippen LogP contribution in [-0.4, -0.2) is 38.9 Å². The Balaban J connectivity index is 2.04. The van der Waals surface area contributed by atoms with Crippen LogP contribution in [0.4, 0.5) is 0 Å². The average molecular weight is 334 g/mol. The summed E-state index contributed by atoms with van der Waals surface area (Å²) in [4.78, 5) is 13.8. The first-order chi connectivity index (χ1) is 11.0. The molecule has 0 aliphatic heterocycles. The summed E-state index contributed by atoms with van der Waals surface area (Å²) < 4.78 is 27.2. The van der Waals surface area contributed by atoms with Crippen molar-refractivity contribution in [2.45, 2.75) is 25.2 Å². The number of fused-ring (bicyclic) bond motifs is 1. The molecule has 0 unspecified atom stereocenters. The van der Waals surface area contributed by atoms with Crippen molar-refractivity contribution in [3.05, 3.63) is 42.5 Å². The summed E-state index contributed by atoms with van der Waals surface area (Å²) in [5.41, 5.74) is 0. The second-order valence-electron chi connectivity index (χ2n) is 5.22. The first-order valence-electron chi connectivity index (χ1n) is 7.74. The Hall–Kier alpha value is -1.92. The SMILES string of the molecule is CCN(CC)C(=O)CCNS(=O)(=O)c1ccc2ccccc2c1. The summed E-state index contributed by atoms with van der Waals surface area (Å²) in [6.07, 6.45) is 0.161. The van der Waals surface area contributed by atoms with E-state index >= 15 is 0 Å². The molecular weight excluding hydrogens is 312 g/mol. The predicted molar refractivity (Wildman–Crippen MR) is 91.7 cm³/mol. The highest BCUT2D eigenvalue weighted by atomic mass is 32.2. The van der Waals surface area contributed by atoms with Crippen molar-refractivity contribution in [1.82, 2.24) is 9.62 Å². The second kappa shape index (κ2) is 7.57. The highest BCUT2D eigenvalue weighted by Gasteiger charge is 2.16. The first kappa shape index (κ1) is 17.4. The van der Waals surface area contributed by atoms with Gasteiger partial charge in [-0.1, -0.05) is 30.3 Å². The number of nitrogens with zero attached hydrogens (tertiary/aromatic N) is 1. The molecule has 23 heavy (non-hydrogen) atoms. The van der Waals surface area contributed by atoms with Crippen LogP contribution in [0.5, 0.6) is 0 Å². The van der Waals surface area contributed by atoms with Gasteiger partial charge in [-0.15, -0.1) is 0 Å². The van der Waals surface area contributed by atoms with Gasteiger partial charge in [-0.05, 0) is 36.8 Å². The Morgan fingerprint density at radius 3 is 2.35 bits per heavy atom.